The fraction of sp³-hybridized carbons (Fsp3) is 0.227. The molecule has 0 atom stereocenters. The zero-order chi connectivity index (χ0) is 20.5. The van der Waals surface area contributed by atoms with Crippen molar-refractivity contribution in [1.82, 2.24) is 15.5 Å². The molecule has 29 heavy (non-hydrogen) atoms. The van der Waals surface area contributed by atoms with Crippen LogP contribution < -0.4 is 14.8 Å². The summed E-state index contributed by atoms with van der Waals surface area (Å²) in [7, 11) is 3.27. The van der Waals surface area contributed by atoms with Crippen LogP contribution in [0.1, 0.15) is 5.56 Å². The van der Waals surface area contributed by atoms with Gasteiger partial charge in [0.1, 0.15) is 16.5 Å². The van der Waals surface area contributed by atoms with Crippen molar-refractivity contribution in [2.45, 2.75) is 11.4 Å². The highest BCUT2D eigenvalue weighted by molar-refractivity contribution is 7.99. The van der Waals surface area contributed by atoms with Gasteiger partial charge < -0.3 is 14.8 Å². The molecule has 0 fully saturated rings. The molecule has 1 N–H and O–H groups in total. The molecule has 0 saturated heterocycles. The van der Waals surface area contributed by atoms with E-state index >= 15 is 0 Å². The van der Waals surface area contributed by atoms with E-state index in [4.69, 9.17) is 9.47 Å². The third-order valence-corrected chi connectivity index (χ3v) is 5.17. The van der Waals surface area contributed by atoms with E-state index in [9.17, 15) is 4.79 Å². The van der Waals surface area contributed by atoms with Crippen molar-refractivity contribution in [1.29, 1.82) is 0 Å². The first-order valence-electron chi connectivity index (χ1n) is 9.18. The maximum Gasteiger partial charge on any atom is 0.230 e. The van der Waals surface area contributed by atoms with Crippen LogP contribution in [0.15, 0.2) is 65.7 Å². The number of rotatable bonds is 9. The van der Waals surface area contributed by atoms with Crippen molar-refractivity contribution in [2.75, 3.05) is 26.5 Å². The molecule has 0 aliphatic heterocycles. The Kier molecular flexibility index (Phi) is 7.47. The molecule has 3 aromatic rings. The van der Waals surface area contributed by atoms with E-state index in [0.29, 0.717) is 17.3 Å². The topological polar surface area (TPSA) is 73.3 Å². The van der Waals surface area contributed by atoms with Crippen LogP contribution in [0, 0.1) is 0 Å². The van der Waals surface area contributed by atoms with Crippen LogP contribution in [-0.2, 0) is 11.2 Å². The molecule has 0 unspecified atom stereocenters. The molecule has 1 aromatic heterocycles. The molecule has 0 aliphatic carbocycles. The molecule has 7 heteroatoms. The number of hydrogen-bond acceptors (Lipinski definition) is 6. The lowest BCUT2D eigenvalue weighted by molar-refractivity contribution is -0.118. The van der Waals surface area contributed by atoms with Crippen LogP contribution in [0.5, 0.6) is 11.5 Å². The maximum absolute atomic E-state index is 12.1. The highest BCUT2D eigenvalue weighted by atomic mass is 32.2. The van der Waals surface area contributed by atoms with Crippen LogP contribution >= 0.6 is 11.8 Å². The van der Waals surface area contributed by atoms with Gasteiger partial charge in [-0.3, -0.25) is 4.79 Å². The van der Waals surface area contributed by atoms with Gasteiger partial charge in [0.05, 0.1) is 25.7 Å². The lowest BCUT2D eigenvalue weighted by atomic mass is 10.1. The number of benzene rings is 2. The minimum Gasteiger partial charge on any atom is -0.497 e. The number of nitrogens with one attached hydrogen (secondary N) is 1. The Morgan fingerprint density at radius 3 is 2.45 bits per heavy atom. The molecule has 3 rings (SSSR count). The molecule has 0 aliphatic rings. The van der Waals surface area contributed by atoms with Crippen LogP contribution in [0.2, 0.25) is 0 Å². The number of carbonyl (C=O) groups excluding carboxylic acids is 1. The molecule has 0 saturated carbocycles. The zero-order valence-electron chi connectivity index (χ0n) is 16.4. The van der Waals surface area contributed by atoms with Crippen LogP contribution in [0.25, 0.3) is 11.3 Å². The molecule has 0 spiro atoms. The van der Waals surface area contributed by atoms with Crippen molar-refractivity contribution < 1.29 is 14.3 Å². The van der Waals surface area contributed by atoms with E-state index < -0.39 is 0 Å². The molecular formula is C22H23N3O3S. The smallest absolute Gasteiger partial charge is 0.230 e. The summed E-state index contributed by atoms with van der Waals surface area (Å²) in [5.74, 6) is 1.87. The molecular weight excluding hydrogens is 386 g/mol. The zero-order valence-corrected chi connectivity index (χ0v) is 17.2. The molecule has 0 bridgehead atoms. The van der Waals surface area contributed by atoms with E-state index in [1.165, 1.54) is 11.8 Å². The van der Waals surface area contributed by atoms with Gasteiger partial charge in [0.15, 0.2) is 0 Å². The predicted octanol–water partition coefficient (Wildman–Crippen LogP) is 3.61. The van der Waals surface area contributed by atoms with Gasteiger partial charge in [0.25, 0.3) is 0 Å². The summed E-state index contributed by atoms with van der Waals surface area (Å²) in [6.07, 6.45) is 0.773. The standard InChI is InChI=1S/C22H23N3O3S/c1-27-18-8-6-16(7-9-18)12-13-23-21(26)15-29-22-11-10-20(24-25-22)17-4-3-5-19(14-17)28-2/h3-11,14H,12-13,15H2,1-2H3,(H,23,26). The highest BCUT2D eigenvalue weighted by Gasteiger charge is 2.06. The van der Waals surface area contributed by atoms with Gasteiger partial charge in [-0.05, 0) is 48.4 Å². The Bertz CT molecular complexity index is 931. The van der Waals surface area contributed by atoms with Gasteiger partial charge in [0.2, 0.25) is 5.91 Å². The van der Waals surface area contributed by atoms with E-state index in [1.807, 2.05) is 60.7 Å². The van der Waals surface area contributed by atoms with Crippen molar-refractivity contribution in [3.05, 3.63) is 66.2 Å². The molecule has 0 radical (unpaired) electrons. The van der Waals surface area contributed by atoms with Crippen molar-refractivity contribution >= 4 is 17.7 Å². The Morgan fingerprint density at radius 2 is 1.76 bits per heavy atom. The largest absolute Gasteiger partial charge is 0.497 e. The Balaban J connectivity index is 1.43. The van der Waals surface area contributed by atoms with Gasteiger partial charge in [-0.15, -0.1) is 10.2 Å². The van der Waals surface area contributed by atoms with Gasteiger partial charge >= 0.3 is 0 Å². The van der Waals surface area contributed by atoms with E-state index in [-0.39, 0.29) is 5.91 Å². The van der Waals surface area contributed by atoms with Crippen LogP contribution in [0.3, 0.4) is 0 Å². The number of carbonyl (C=O) groups is 1. The third-order valence-electron chi connectivity index (χ3n) is 4.25. The molecule has 2 aromatic carbocycles. The number of aromatic nitrogens is 2. The SMILES string of the molecule is COc1ccc(CCNC(=O)CSc2ccc(-c3cccc(OC)c3)nn2)cc1. The second-order valence-corrected chi connectivity index (χ2v) is 7.22. The number of ether oxygens (including phenoxy) is 2. The monoisotopic (exact) mass is 409 g/mol. The summed E-state index contributed by atoms with van der Waals surface area (Å²) in [5, 5.41) is 12.1. The lowest BCUT2D eigenvalue weighted by Crippen LogP contribution is -2.27. The second kappa shape index (κ2) is 10.5. The molecule has 6 nitrogen and oxygen atoms in total. The Morgan fingerprint density at radius 1 is 0.966 bits per heavy atom. The summed E-state index contributed by atoms with van der Waals surface area (Å²) in [6, 6.07) is 19.3. The summed E-state index contributed by atoms with van der Waals surface area (Å²) < 4.78 is 10.4. The van der Waals surface area contributed by atoms with Gasteiger partial charge in [-0.2, -0.15) is 0 Å². The van der Waals surface area contributed by atoms with Gasteiger partial charge in [-0.25, -0.2) is 0 Å². The molecule has 150 valence electrons. The number of nitrogens with zero attached hydrogens (tertiary/aromatic N) is 2. The van der Waals surface area contributed by atoms with E-state index in [2.05, 4.69) is 15.5 Å². The van der Waals surface area contributed by atoms with Crippen LogP contribution in [0.4, 0.5) is 0 Å². The normalized spacial score (nSPS) is 10.4. The maximum atomic E-state index is 12.1. The molecule has 1 amide bonds. The average molecular weight is 410 g/mol. The minimum absolute atomic E-state index is 0.0258. The number of hydrogen-bond donors (Lipinski definition) is 1. The van der Waals surface area contributed by atoms with Crippen molar-refractivity contribution in [2.24, 2.45) is 0 Å². The van der Waals surface area contributed by atoms with E-state index in [1.54, 1.807) is 14.2 Å². The number of thioether (sulfide) groups is 1. The first kappa shape index (κ1) is 20.7. The minimum atomic E-state index is -0.0258. The summed E-state index contributed by atoms with van der Waals surface area (Å²) in [6.45, 7) is 0.589. The van der Waals surface area contributed by atoms with Gasteiger partial charge in [0, 0.05) is 12.1 Å². The first-order chi connectivity index (χ1) is 14.2. The lowest BCUT2D eigenvalue weighted by Gasteiger charge is -2.06. The fourth-order valence-electron chi connectivity index (χ4n) is 2.66. The van der Waals surface area contributed by atoms with Crippen molar-refractivity contribution in [3.63, 3.8) is 0 Å². The number of amides is 1. The fourth-order valence-corrected chi connectivity index (χ4v) is 3.31. The quantitative estimate of drug-likeness (QED) is 0.544. The second-order valence-electron chi connectivity index (χ2n) is 6.23. The highest BCUT2D eigenvalue weighted by Crippen LogP contribution is 2.23. The Labute approximate surface area is 174 Å². The summed E-state index contributed by atoms with van der Waals surface area (Å²) >= 11 is 1.36. The third kappa shape index (κ3) is 6.22. The van der Waals surface area contributed by atoms with Gasteiger partial charge in [-0.1, -0.05) is 36.0 Å². The summed E-state index contributed by atoms with van der Waals surface area (Å²) in [5.41, 5.74) is 2.85. The number of methoxy groups -OCH3 is 2. The Hall–Kier alpha value is -3.06. The van der Waals surface area contributed by atoms with E-state index in [0.717, 1.165) is 34.7 Å². The van der Waals surface area contributed by atoms with Crippen LogP contribution in [-0.4, -0.2) is 42.6 Å². The first-order valence-corrected chi connectivity index (χ1v) is 10.2. The van der Waals surface area contributed by atoms with Crippen molar-refractivity contribution in [3.8, 4) is 22.8 Å². The summed E-state index contributed by atoms with van der Waals surface area (Å²) in [4.78, 5) is 12.1. The molecule has 1 heterocycles. The average Bonchev–Trinajstić information content (AvgIpc) is 2.78. The predicted molar refractivity (Wildman–Crippen MR) is 114 cm³/mol.